The number of phenols is 1. The fraction of sp³-hybridized carbons (Fsp3) is 0.364. The minimum Gasteiger partial charge on any atom is -0.507 e. The molecule has 1 aromatic rings. The van der Waals surface area contributed by atoms with E-state index in [0.29, 0.717) is 0 Å². The minimum absolute atomic E-state index is 0.00972. The average molecular weight is 232 g/mol. The molecule has 0 fully saturated rings. The first-order chi connectivity index (χ1) is 7.29. The van der Waals surface area contributed by atoms with E-state index in [1.807, 2.05) is 0 Å². The lowest BCUT2D eigenvalue weighted by molar-refractivity contribution is -0.138. The van der Waals surface area contributed by atoms with E-state index in [1.165, 1.54) is 6.07 Å². The highest BCUT2D eigenvalue weighted by Crippen LogP contribution is 2.38. The third kappa shape index (κ3) is 2.18. The summed E-state index contributed by atoms with van der Waals surface area (Å²) in [4.78, 5) is 11.1. The van der Waals surface area contributed by atoms with E-state index in [4.69, 9.17) is 0 Å². The van der Waals surface area contributed by atoms with Crippen molar-refractivity contribution in [3.05, 3.63) is 28.8 Å². The highest BCUT2D eigenvalue weighted by atomic mass is 19.4. The Kier molecular flexibility index (Phi) is 3.26. The first-order valence-electron chi connectivity index (χ1n) is 4.72. The monoisotopic (exact) mass is 232 g/mol. The topological polar surface area (TPSA) is 37.3 Å². The number of aromatic hydroxyl groups is 1. The van der Waals surface area contributed by atoms with Crippen LogP contribution < -0.4 is 0 Å². The number of ketones is 1. The molecule has 0 atom stereocenters. The van der Waals surface area contributed by atoms with Gasteiger partial charge in [0.2, 0.25) is 0 Å². The zero-order valence-electron chi connectivity index (χ0n) is 8.85. The van der Waals surface area contributed by atoms with Gasteiger partial charge in [-0.3, -0.25) is 4.79 Å². The maximum Gasteiger partial charge on any atom is 0.417 e. The lowest BCUT2D eigenvalue weighted by Crippen LogP contribution is -2.15. The number of phenolic OH excluding ortho intramolecular Hbond substituents is 1. The van der Waals surface area contributed by atoms with Gasteiger partial charge in [-0.2, -0.15) is 13.2 Å². The fourth-order valence-corrected chi connectivity index (χ4v) is 1.61. The third-order valence-corrected chi connectivity index (χ3v) is 2.29. The molecule has 1 N–H and O–H groups in total. The molecule has 5 heteroatoms. The van der Waals surface area contributed by atoms with Gasteiger partial charge in [-0.25, -0.2) is 0 Å². The molecule has 16 heavy (non-hydrogen) atoms. The van der Waals surface area contributed by atoms with E-state index in [2.05, 4.69) is 0 Å². The molecule has 0 amide bonds. The van der Waals surface area contributed by atoms with Crippen molar-refractivity contribution in [3.63, 3.8) is 0 Å². The zero-order valence-corrected chi connectivity index (χ0v) is 8.85. The van der Waals surface area contributed by atoms with Gasteiger partial charge in [0.25, 0.3) is 0 Å². The first-order valence-corrected chi connectivity index (χ1v) is 4.72. The first kappa shape index (κ1) is 12.5. The molecule has 0 aliphatic carbocycles. The summed E-state index contributed by atoms with van der Waals surface area (Å²) in [5.74, 6) is -1.42. The van der Waals surface area contributed by atoms with Crippen LogP contribution in [0.4, 0.5) is 13.2 Å². The van der Waals surface area contributed by atoms with E-state index in [0.717, 1.165) is 13.0 Å². The lowest BCUT2D eigenvalue weighted by Gasteiger charge is -2.16. The maximum absolute atomic E-state index is 12.8. The van der Waals surface area contributed by atoms with Gasteiger partial charge in [0.1, 0.15) is 5.75 Å². The van der Waals surface area contributed by atoms with Crippen molar-refractivity contribution in [2.24, 2.45) is 0 Å². The lowest BCUT2D eigenvalue weighted by atomic mass is 9.95. The minimum atomic E-state index is -4.63. The molecule has 1 aromatic carbocycles. The van der Waals surface area contributed by atoms with E-state index in [1.54, 1.807) is 6.92 Å². The predicted octanol–water partition coefficient (Wildman–Crippen LogP) is 3.18. The van der Waals surface area contributed by atoms with Crippen molar-refractivity contribution in [1.29, 1.82) is 0 Å². The van der Waals surface area contributed by atoms with Gasteiger partial charge >= 0.3 is 6.18 Å². The summed E-state index contributed by atoms with van der Waals surface area (Å²) in [6, 6.07) is 2.30. The van der Waals surface area contributed by atoms with Gasteiger partial charge in [0.15, 0.2) is 5.78 Å². The Bertz CT molecular complexity index is 422. The number of rotatable bonds is 2. The molecule has 0 unspecified atom stereocenters. The molecule has 1 rings (SSSR count). The second-order valence-corrected chi connectivity index (χ2v) is 3.40. The Labute approximate surface area is 90.7 Å². The van der Waals surface area contributed by atoms with Crippen molar-refractivity contribution in [2.45, 2.75) is 26.4 Å². The van der Waals surface area contributed by atoms with Crippen molar-refractivity contribution in [2.75, 3.05) is 0 Å². The number of hydrogen-bond donors (Lipinski definition) is 1. The van der Waals surface area contributed by atoms with Gasteiger partial charge in [0.05, 0.1) is 11.1 Å². The molecule has 88 valence electrons. The van der Waals surface area contributed by atoms with Gasteiger partial charge in [-0.15, -0.1) is 0 Å². The van der Waals surface area contributed by atoms with Crippen LogP contribution in [0.3, 0.4) is 0 Å². The fourth-order valence-electron chi connectivity index (χ4n) is 1.61. The highest BCUT2D eigenvalue weighted by molar-refractivity contribution is 5.98. The maximum atomic E-state index is 12.8. The summed E-state index contributed by atoms with van der Waals surface area (Å²) in [6.07, 6.45) is -4.49. The molecule has 0 aliphatic rings. The van der Waals surface area contributed by atoms with Crippen molar-refractivity contribution >= 4 is 5.78 Å². The van der Waals surface area contributed by atoms with Crippen LogP contribution in [-0.4, -0.2) is 10.9 Å². The Morgan fingerprint density at radius 1 is 1.38 bits per heavy atom. The van der Waals surface area contributed by atoms with Crippen LogP contribution in [0.25, 0.3) is 0 Å². The third-order valence-electron chi connectivity index (χ3n) is 2.29. The molecular weight excluding hydrogens is 221 g/mol. The number of benzene rings is 1. The molecule has 0 aliphatic heterocycles. The smallest absolute Gasteiger partial charge is 0.417 e. The van der Waals surface area contributed by atoms with Crippen molar-refractivity contribution in [3.8, 4) is 5.75 Å². The summed E-state index contributed by atoms with van der Waals surface area (Å²) >= 11 is 0. The molecule has 0 heterocycles. The largest absolute Gasteiger partial charge is 0.507 e. The van der Waals surface area contributed by atoms with Crippen LogP contribution in [0.1, 0.15) is 35.3 Å². The number of carbonyl (C=O) groups is 1. The molecule has 2 nitrogen and oxygen atoms in total. The van der Waals surface area contributed by atoms with E-state index >= 15 is 0 Å². The summed E-state index contributed by atoms with van der Waals surface area (Å²) in [5.41, 5.74) is -1.66. The van der Waals surface area contributed by atoms with Crippen LogP contribution in [0.5, 0.6) is 5.75 Å². The number of halogens is 3. The standard InChI is InChI=1S/C11H11F3O2/c1-3-7-4-5-8(16)9(6(2)15)10(7)11(12,13)14/h4-5,16H,3H2,1-2H3. The molecule has 0 spiro atoms. The molecular formula is C11H11F3O2. The Morgan fingerprint density at radius 3 is 2.31 bits per heavy atom. The summed E-state index contributed by atoms with van der Waals surface area (Å²) < 4.78 is 38.3. The second-order valence-electron chi connectivity index (χ2n) is 3.40. The predicted molar refractivity (Wildman–Crippen MR) is 52.5 cm³/mol. The van der Waals surface area contributed by atoms with E-state index in [9.17, 15) is 23.1 Å². The van der Waals surface area contributed by atoms with Crippen LogP contribution in [0.2, 0.25) is 0 Å². The van der Waals surface area contributed by atoms with Crippen LogP contribution in [-0.2, 0) is 12.6 Å². The van der Waals surface area contributed by atoms with Gasteiger partial charge in [-0.1, -0.05) is 13.0 Å². The number of hydrogen-bond acceptors (Lipinski definition) is 2. The number of Topliss-reactive ketones (excluding diaryl/α,β-unsaturated/α-hetero) is 1. The average Bonchev–Trinajstić information content (AvgIpc) is 2.15. The molecule has 0 bridgehead atoms. The summed E-state index contributed by atoms with van der Waals surface area (Å²) in [5, 5.41) is 9.32. The number of alkyl halides is 3. The van der Waals surface area contributed by atoms with Crippen molar-refractivity contribution in [1.82, 2.24) is 0 Å². The van der Waals surface area contributed by atoms with E-state index in [-0.39, 0.29) is 12.0 Å². The Hall–Kier alpha value is -1.52. The van der Waals surface area contributed by atoms with E-state index < -0.39 is 28.8 Å². The van der Waals surface area contributed by atoms with Gasteiger partial charge in [0, 0.05) is 0 Å². The zero-order chi connectivity index (χ0) is 12.5. The number of carbonyl (C=O) groups excluding carboxylic acids is 1. The van der Waals surface area contributed by atoms with Crippen LogP contribution in [0.15, 0.2) is 12.1 Å². The molecule has 0 aromatic heterocycles. The van der Waals surface area contributed by atoms with Crippen LogP contribution in [0, 0.1) is 0 Å². The quantitative estimate of drug-likeness (QED) is 0.795. The number of aryl methyl sites for hydroxylation is 1. The molecule has 0 radical (unpaired) electrons. The highest BCUT2D eigenvalue weighted by Gasteiger charge is 2.38. The molecule has 0 saturated heterocycles. The Morgan fingerprint density at radius 2 is 1.94 bits per heavy atom. The Balaban J connectivity index is 3.62. The summed E-state index contributed by atoms with van der Waals surface area (Å²) in [7, 11) is 0. The van der Waals surface area contributed by atoms with Gasteiger partial charge in [-0.05, 0) is 25.0 Å². The van der Waals surface area contributed by atoms with Crippen molar-refractivity contribution < 1.29 is 23.1 Å². The summed E-state index contributed by atoms with van der Waals surface area (Å²) in [6.45, 7) is 2.56. The normalized spacial score (nSPS) is 11.6. The van der Waals surface area contributed by atoms with Gasteiger partial charge < -0.3 is 5.11 Å². The SMILES string of the molecule is CCc1ccc(O)c(C(C)=O)c1C(F)(F)F. The second kappa shape index (κ2) is 4.15. The van der Waals surface area contributed by atoms with Crippen LogP contribution >= 0.6 is 0 Å². The molecule has 0 saturated carbocycles.